The van der Waals surface area contributed by atoms with Gasteiger partial charge >= 0.3 is 6.09 Å². The van der Waals surface area contributed by atoms with Gasteiger partial charge in [-0.3, -0.25) is 4.79 Å². The summed E-state index contributed by atoms with van der Waals surface area (Å²) in [6, 6.07) is 15.5. The molecule has 1 aliphatic heterocycles. The molecule has 0 radical (unpaired) electrons. The third-order valence-electron chi connectivity index (χ3n) is 4.96. The third-order valence-corrected chi connectivity index (χ3v) is 5.25. The highest BCUT2D eigenvalue weighted by Gasteiger charge is 2.26. The first-order valence-corrected chi connectivity index (χ1v) is 10.8. The molecule has 0 saturated carbocycles. The minimum atomic E-state index is -0.529. The Kier molecular flexibility index (Phi) is 7.44. The number of alkyl carbamates (subject to hydrolysis) is 1. The summed E-state index contributed by atoms with van der Waals surface area (Å²) in [5.74, 6) is 0.384. The molecular weight excluding hydrogens is 416 g/mol. The standard InChI is InChI=1S/C24H29ClN2O4/c1-24(2,3)31-23(29)26-19-11-13-27(14-12-19)22(28)16-30-21-10-9-18(15-20(21)25)17-7-5-4-6-8-17/h4-10,15,19H,11-14,16H2,1-3H3,(H,26,29). The molecular formula is C24H29ClN2O4. The summed E-state index contributed by atoms with van der Waals surface area (Å²) in [7, 11) is 0. The van der Waals surface area contributed by atoms with Crippen LogP contribution in [0.3, 0.4) is 0 Å². The summed E-state index contributed by atoms with van der Waals surface area (Å²) in [5.41, 5.74) is 1.53. The minimum absolute atomic E-state index is 0.000191. The molecule has 0 spiro atoms. The predicted molar refractivity (Wildman–Crippen MR) is 121 cm³/mol. The van der Waals surface area contributed by atoms with Crippen molar-refractivity contribution >= 4 is 23.6 Å². The zero-order valence-electron chi connectivity index (χ0n) is 18.2. The molecule has 31 heavy (non-hydrogen) atoms. The molecule has 1 aliphatic rings. The van der Waals surface area contributed by atoms with Crippen LogP contribution < -0.4 is 10.1 Å². The molecule has 2 amide bonds. The van der Waals surface area contributed by atoms with Crippen molar-refractivity contribution in [2.45, 2.75) is 45.3 Å². The number of amides is 2. The molecule has 0 aliphatic carbocycles. The normalized spacial score (nSPS) is 14.8. The number of rotatable bonds is 5. The lowest BCUT2D eigenvalue weighted by molar-refractivity contribution is -0.134. The van der Waals surface area contributed by atoms with Gasteiger partial charge in [-0.05, 0) is 56.9 Å². The van der Waals surface area contributed by atoms with Crippen molar-refractivity contribution in [3.05, 3.63) is 53.6 Å². The van der Waals surface area contributed by atoms with Crippen LogP contribution in [-0.2, 0) is 9.53 Å². The van der Waals surface area contributed by atoms with Gasteiger partial charge in [-0.25, -0.2) is 4.79 Å². The Hall–Kier alpha value is -2.73. The molecule has 1 N–H and O–H groups in total. The van der Waals surface area contributed by atoms with E-state index in [-0.39, 0.29) is 18.6 Å². The SMILES string of the molecule is CC(C)(C)OC(=O)NC1CCN(C(=O)COc2ccc(-c3ccccc3)cc2Cl)CC1. The molecule has 3 rings (SSSR count). The van der Waals surface area contributed by atoms with Gasteiger partial charge < -0.3 is 19.7 Å². The van der Waals surface area contributed by atoms with E-state index < -0.39 is 11.7 Å². The summed E-state index contributed by atoms with van der Waals surface area (Å²) in [6.45, 7) is 6.53. The van der Waals surface area contributed by atoms with Crippen molar-refractivity contribution in [2.75, 3.05) is 19.7 Å². The molecule has 1 fully saturated rings. The fourth-order valence-corrected chi connectivity index (χ4v) is 3.64. The molecule has 0 aromatic heterocycles. The maximum absolute atomic E-state index is 12.5. The zero-order valence-corrected chi connectivity index (χ0v) is 18.9. The second-order valence-corrected chi connectivity index (χ2v) is 9.01. The van der Waals surface area contributed by atoms with E-state index >= 15 is 0 Å². The maximum Gasteiger partial charge on any atom is 0.407 e. The lowest BCUT2D eigenvalue weighted by atomic mass is 10.1. The smallest absolute Gasteiger partial charge is 0.407 e. The molecule has 0 atom stereocenters. The van der Waals surface area contributed by atoms with Crippen molar-refractivity contribution in [1.82, 2.24) is 10.2 Å². The van der Waals surface area contributed by atoms with Crippen LogP contribution in [0.5, 0.6) is 5.75 Å². The first-order valence-electron chi connectivity index (χ1n) is 10.5. The van der Waals surface area contributed by atoms with Gasteiger partial charge in [0.25, 0.3) is 5.91 Å². The van der Waals surface area contributed by atoms with Crippen molar-refractivity contribution in [3.63, 3.8) is 0 Å². The van der Waals surface area contributed by atoms with E-state index in [1.165, 1.54) is 0 Å². The number of hydrogen-bond donors (Lipinski definition) is 1. The second kappa shape index (κ2) is 10.1. The average molecular weight is 445 g/mol. The fourth-order valence-electron chi connectivity index (χ4n) is 3.41. The van der Waals surface area contributed by atoms with Gasteiger partial charge in [0.15, 0.2) is 6.61 Å². The number of carbonyl (C=O) groups excluding carboxylic acids is 2. The number of nitrogens with one attached hydrogen (secondary N) is 1. The van der Waals surface area contributed by atoms with Crippen molar-refractivity contribution in [1.29, 1.82) is 0 Å². The number of hydrogen-bond acceptors (Lipinski definition) is 4. The van der Waals surface area contributed by atoms with Gasteiger partial charge in [-0.1, -0.05) is 48.0 Å². The highest BCUT2D eigenvalue weighted by Crippen LogP contribution is 2.30. The van der Waals surface area contributed by atoms with Gasteiger partial charge in [0.2, 0.25) is 0 Å². The van der Waals surface area contributed by atoms with E-state index in [4.69, 9.17) is 21.1 Å². The van der Waals surface area contributed by atoms with Crippen LogP contribution in [0.2, 0.25) is 5.02 Å². The number of halogens is 1. The largest absolute Gasteiger partial charge is 0.482 e. The monoisotopic (exact) mass is 444 g/mol. The van der Waals surface area contributed by atoms with Crippen LogP contribution in [0.4, 0.5) is 4.79 Å². The molecule has 1 saturated heterocycles. The highest BCUT2D eigenvalue weighted by molar-refractivity contribution is 6.32. The van der Waals surface area contributed by atoms with Crippen LogP contribution >= 0.6 is 11.6 Å². The summed E-state index contributed by atoms with van der Waals surface area (Å²) in [6.07, 6.45) is 0.934. The molecule has 7 heteroatoms. The number of carbonyl (C=O) groups is 2. The number of likely N-dealkylation sites (tertiary alicyclic amines) is 1. The van der Waals surface area contributed by atoms with Gasteiger partial charge in [-0.2, -0.15) is 0 Å². The summed E-state index contributed by atoms with van der Waals surface area (Å²) in [5, 5.41) is 3.34. The summed E-state index contributed by atoms with van der Waals surface area (Å²) < 4.78 is 11.0. The first-order chi connectivity index (χ1) is 14.7. The molecule has 6 nitrogen and oxygen atoms in total. The topological polar surface area (TPSA) is 67.9 Å². The Balaban J connectivity index is 1.46. The molecule has 0 unspecified atom stereocenters. The van der Waals surface area contributed by atoms with Gasteiger partial charge in [0.05, 0.1) is 5.02 Å². The number of nitrogens with zero attached hydrogens (tertiary/aromatic N) is 1. The van der Waals surface area contributed by atoms with Crippen LogP contribution in [-0.4, -0.2) is 48.2 Å². The molecule has 166 valence electrons. The van der Waals surface area contributed by atoms with E-state index in [0.29, 0.717) is 36.7 Å². The van der Waals surface area contributed by atoms with Crippen molar-refractivity contribution in [2.24, 2.45) is 0 Å². The molecule has 0 bridgehead atoms. The number of ether oxygens (including phenoxy) is 2. The number of piperidine rings is 1. The third kappa shape index (κ3) is 6.89. The van der Waals surface area contributed by atoms with E-state index in [1.807, 2.05) is 63.2 Å². The first kappa shape index (κ1) is 22.9. The van der Waals surface area contributed by atoms with Crippen LogP contribution in [0, 0.1) is 0 Å². The van der Waals surface area contributed by atoms with E-state index in [1.54, 1.807) is 11.0 Å². The molecule has 1 heterocycles. The average Bonchev–Trinajstić information content (AvgIpc) is 2.72. The van der Waals surface area contributed by atoms with E-state index in [9.17, 15) is 9.59 Å². The fraction of sp³-hybridized carbons (Fsp3) is 0.417. The maximum atomic E-state index is 12.5. The Morgan fingerprint density at radius 2 is 1.74 bits per heavy atom. The van der Waals surface area contributed by atoms with E-state index in [2.05, 4.69) is 5.32 Å². The lowest BCUT2D eigenvalue weighted by Crippen LogP contribution is -2.48. The summed E-state index contributed by atoms with van der Waals surface area (Å²) in [4.78, 5) is 26.2. The molecule has 2 aromatic carbocycles. The second-order valence-electron chi connectivity index (χ2n) is 8.60. The van der Waals surface area contributed by atoms with Gasteiger partial charge in [-0.15, -0.1) is 0 Å². The predicted octanol–water partition coefficient (Wildman–Crippen LogP) is 4.90. The molecule has 2 aromatic rings. The van der Waals surface area contributed by atoms with Crippen LogP contribution in [0.15, 0.2) is 48.5 Å². The van der Waals surface area contributed by atoms with Crippen LogP contribution in [0.1, 0.15) is 33.6 Å². The Morgan fingerprint density at radius 3 is 2.35 bits per heavy atom. The Bertz CT molecular complexity index is 904. The van der Waals surface area contributed by atoms with Gasteiger partial charge in [0.1, 0.15) is 11.4 Å². The Morgan fingerprint density at radius 1 is 1.06 bits per heavy atom. The summed E-state index contributed by atoms with van der Waals surface area (Å²) >= 11 is 6.36. The number of benzene rings is 2. The van der Waals surface area contributed by atoms with Crippen LogP contribution in [0.25, 0.3) is 11.1 Å². The lowest BCUT2D eigenvalue weighted by Gasteiger charge is -2.32. The van der Waals surface area contributed by atoms with Gasteiger partial charge in [0, 0.05) is 19.1 Å². The minimum Gasteiger partial charge on any atom is -0.482 e. The van der Waals surface area contributed by atoms with Crippen molar-refractivity contribution < 1.29 is 19.1 Å². The zero-order chi connectivity index (χ0) is 22.4. The quantitative estimate of drug-likeness (QED) is 0.712. The van der Waals surface area contributed by atoms with E-state index in [0.717, 1.165) is 11.1 Å². The highest BCUT2D eigenvalue weighted by atomic mass is 35.5. The van der Waals surface area contributed by atoms with Crippen molar-refractivity contribution in [3.8, 4) is 16.9 Å². The Labute approximate surface area is 188 Å².